The SMILES string of the molecule is O=C(COC(=O)Cc1c[nH]c2ccccc12)Nc1cc(F)ccc1F. The lowest BCUT2D eigenvalue weighted by Crippen LogP contribution is -2.22. The van der Waals surface area contributed by atoms with Gasteiger partial charge in [-0.2, -0.15) is 0 Å². The van der Waals surface area contributed by atoms with Gasteiger partial charge in [-0.05, 0) is 23.8 Å². The molecule has 25 heavy (non-hydrogen) atoms. The molecule has 0 aliphatic carbocycles. The molecule has 2 aromatic carbocycles. The highest BCUT2D eigenvalue weighted by Gasteiger charge is 2.13. The van der Waals surface area contributed by atoms with Crippen LogP contribution >= 0.6 is 0 Å². The fraction of sp³-hybridized carbons (Fsp3) is 0.111. The first kappa shape index (κ1) is 16.6. The Morgan fingerprint density at radius 2 is 1.92 bits per heavy atom. The van der Waals surface area contributed by atoms with E-state index in [0.29, 0.717) is 0 Å². The van der Waals surface area contributed by atoms with Gasteiger partial charge in [0.15, 0.2) is 6.61 Å². The molecule has 1 aromatic heterocycles. The number of carbonyl (C=O) groups is 2. The topological polar surface area (TPSA) is 71.2 Å². The number of aromatic nitrogens is 1. The van der Waals surface area contributed by atoms with Gasteiger partial charge in [0.1, 0.15) is 11.6 Å². The number of esters is 1. The minimum Gasteiger partial charge on any atom is -0.455 e. The maximum Gasteiger partial charge on any atom is 0.310 e. The fourth-order valence-electron chi connectivity index (χ4n) is 2.41. The molecule has 0 spiro atoms. The van der Waals surface area contributed by atoms with Crippen LogP contribution in [0.3, 0.4) is 0 Å². The summed E-state index contributed by atoms with van der Waals surface area (Å²) in [6, 6.07) is 10.2. The number of ether oxygens (including phenoxy) is 1. The van der Waals surface area contributed by atoms with Crippen LogP contribution in [0.25, 0.3) is 10.9 Å². The molecule has 3 rings (SSSR count). The Hall–Kier alpha value is -3.22. The average molecular weight is 344 g/mol. The van der Waals surface area contributed by atoms with E-state index < -0.39 is 30.1 Å². The molecule has 5 nitrogen and oxygen atoms in total. The predicted molar refractivity (Wildman–Crippen MR) is 87.9 cm³/mol. The zero-order valence-corrected chi connectivity index (χ0v) is 13.0. The van der Waals surface area contributed by atoms with Crippen molar-refractivity contribution in [3.8, 4) is 0 Å². The van der Waals surface area contributed by atoms with Gasteiger partial charge in [-0.1, -0.05) is 18.2 Å². The third-order valence-corrected chi connectivity index (χ3v) is 3.58. The molecule has 0 aliphatic heterocycles. The van der Waals surface area contributed by atoms with Crippen LogP contribution in [0.15, 0.2) is 48.7 Å². The van der Waals surface area contributed by atoms with Gasteiger partial charge in [-0.25, -0.2) is 8.78 Å². The molecule has 0 saturated carbocycles. The number of amides is 1. The van der Waals surface area contributed by atoms with Crippen molar-refractivity contribution in [1.29, 1.82) is 0 Å². The van der Waals surface area contributed by atoms with Crippen molar-refractivity contribution in [1.82, 2.24) is 4.98 Å². The van der Waals surface area contributed by atoms with Crippen molar-refractivity contribution in [3.05, 3.63) is 65.9 Å². The summed E-state index contributed by atoms with van der Waals surface area (Å²) in [5.41, 5.74) is 1.33. The van der Waals surface area contributed by atoms with Gasteiger partial charge < -0.3 is 15.0 Å². The standard InChI is InChI=1S/C18H14F2N2O3/c19-12-5-6-14(20)16(8-12)22-17(23)10-25-18(24)7-11-9-21-15-4-2-1-3-13(11)15/h1-6,8-9,21H,7,10H2,(H,22,23). The Morgan fingerprint density at radius 3 is 2.76 bits per heavy atom. The van der Waals surface area contributed by atoms with Gasteiger partial charge in [0.25, 0.3) is 5.91 Å². The zero-order chi connectivity index (χ0) is 17.8. The molecule has 0 atom stereocenters. The maximum absolute atomic E-state index is 13.4. The first-order valence-corrected chi connectivity index (χ1v) is 7.48. The molecule has 128 valence electrons. The van der Waals surface area contributed by atoms with Crippen LogP contribution < -0.4 is 5.32 Å². The van der Waals surface area contributed by atoms with Crippen LogP contribution in [0.1, 0.15) is 5.56 Å². The van der Waals surface area contributed by atoms with Gasteiger partial charge in [-0.3, -0.25) is 9.59 Å². The molecule has 7 heteroatoms. The van der Waals surface area contributed by atoms with Crippen molar-refractivity contribution in [2.24, 2.45) is 0 Å². The van der Waals surface area contributed by atoms with Gasteiger partial charge in [0.2, 0.25) is 0 Å². The normalized spacial score (nSPS) is 10.6. The molecule has 2 N–H and O–H groups in total. The van der Waals surface area contributed by atoms with E-state index in [-0.39, 0.29) is 12.1 Å². The average Bonchev–Trinajstić information content (AvgIpc) is 2.99. The number of para-hydroxylation sites is 1. The van der Waals surface area contributed by atoms with Crippen LogP contribution in [0.5, 0.6) is 0 Å². The van der Waals surface area contributed by atoms with Gasteiger partial charge >= 0.3 is 5.97 Å². The quantitative estimate of drug-likeness (QED) is 0.699. The second-order valence-corrected chi connectivity index (χ2v) is 5.37. The number of rotatable bonds is 5. The predicted octanol–water partition coefficient (Wildman–Crippen LogP) is 3.17. The lowest BCUT2D eigenvalue weighted by molar-refractivity contribution is -0.146. The Kier molecular flexibility index (Phi) is 4.74. The molecule has 1 heterocycles. The molecule has 0 aliphatic rings. The molecule has 0 unspecified atom stereocenters. The number of aromatic amines is 1. The van der Waals surface area contributed by atoms with Crippen LogP contribution in [0.2, 0.25) is 0 Å². The van der Waals surface area contributed by atoms with E-state index in [1.54, 1.807) is 6.20 Å². The summed E-state index contributed by atoms with van der Waals surface area (Å²) in [6.07, 6.45) is 1.69. The number of halogens is 2. The minimum absolute atomic E-state index is 0.00831. The van der Waals surface area contributed by atoms with Gasteiger partial charge in [0.05, 0.1) is 12.1 Å². The minimum atomic E-state index is -0.778. The van der Waals surface area contributed by atoms with Crippen LogP contribution in [-0.2, 0) is 20.7 Å². The van der Waals surface area contributed by atoms with Crippen molar-refractivity contribution in [2.75, 3.05) is 11.9 Å². The molecular formula is C18H14F2N2O3. The maximum atomic E-state index is 13.4. The summed E-state index contributed by atoms with van der Waals surface area (Å²) < 4.78 is 31.4. The summed E-state index contributed by atoms with van der Waals surface area (Å²) in [4.78, 5) is 26.6. The number of benzene rings is 2. The van der Waals surface area contributed by atoms with E-state index in [9.17, 15) is 18.4 Å². The molecule has 0 bridgehead atoms. The van der Waals surface area contributed by atoms with E-state index >= 15 is 0 Å². The number of fused-ring (bicyclic) bond motifs is 1. The van der Waals surface area contributed by atoms with Crippen LogP contribution in [-0.4, -0.2) is 23.5 Å². The van der Waals surface area contributed by atoms with Crippen molar-refractivity contribution >= 4 is 28.5 Å². The number of H-pyrrole nitrogens is 1. The smallest absolute Gasteiger partial charge is 0.310 e. The van der Waals surface area contributed by atoms with Crippen molar-refractivity contribution < 1.29 is 23.1 Å². The Balaban J connectivity index is 1.55. The molecule has 3 aromatic rings. The highest BCUT2D eigenvalue weighted by molar-refractivity contribution is 5.93. The second kappa shape index (κ2) is 7.12. The number of hydrogen-bond donors (Lipinski definition) is 2. The molecule has 0 saturated heterocycles. The molecular weight excluding hydrogens is 330 g/mol. The summed E-state index contributed by atoms with van der Waals surface area (Å²) >= 11 is 0. The highest BCUT2D eigenvalue weighted by atomic mass is 19.1. The summed E-state index contributed by atoms with van der Waals surface area (Å²) in [6.45, 7) is -0.586. The van der Waals surface area contributed by atoms with E-state index in [2.05, 4.69) is 10.3 Å². The first-order valence-electron chi connectivity index (χ1n) is 7.48. The summed E-state index contributed by atoms with van der Waals surface area (Å²) in [7, 11) is 0. The van der Waals surface area contributed by atoms with Crippen LogP contribution in [0, 0.1) is 11.6 Å². The molecule has 0 radical (unpaired) electrons. The van der Waals surface area contributed by atoms with E-state index in [0.717, 1.165) is 34.7 Å². The fourth-order valence-corrected chi connectivity index (χ4v) is 2.41. The second-order valence-electron chi connectivity index (χ2n) is 5.37. The number of hydrogen-bond acceptors (Lipinski definition) is 3. The van der Waals surface area contributed by atoms with Crippen LogP contribution in [0.4, 0.5) is 14.5 Å². The third kappa shape index (κ3) is 4.00. The Bertz CT molecular complexity index is 937. The lowest BCUT2D eigenvalue weighted by Gasteiger charge is -2.07. The third-order valence-electron chi connectivity index (χ3n) is 3.58. The summed E-state index contributed by atoms with van der Waals surface area (Å²) in [5, 5.41) is 3.05. The lowest BCUT2D eigenvalue weighted by atomic mass is 10.1. The molecule has 1 amide bonds. The number of anilines is 1. The van der Waals surface area contributed by atoms with Crippen molar-refractivity contribution in [3.63, 3.8) is 0 Å². The Morgan fingerprint density at radius 1 is 1.12 bits per heavy atom. The van der Waals surface area contributed by atoms with E-state index in [4.69, 9.17) is 4.74 Å². The number of nitrogens with one attached hydrogen (secondary N) is 2. The zero-order valence-electron chi connectivity index (χ0n) is 13.0. The van der Waals surface area contributed by atoms with Gasteiger partial charge in [-0.15, -0.1) is 0 Å². The van der Waals surface area contributed by atoms with Crippen molar-refractivity contribution in [2.45, 2.75) is 6.42 Å². The first-order chi connectivity index (χ1) is 12.0. The highest BCUT2D eigenvalue weighted by Crippen LogP contribution is 2.18. The summed E-state index contributed by atoms with van der Waals surface area (Å²) in [5.74, 6) is -2.82. The monoisotopic (exact) mass is 344 g/mol. The number of carbonyl (C=O) groups excluding carboxylic acids is 2. The van der Waals surface area contributed by atoms with Gasteiger partial charge in [0, 0.05) is 23.2 Å². The molecule has 0 fully saturated rings. The largest absolute Gasteiger partial charge is 0.455 e. The Labute approximate surface area is 141 Å². The van der Waals surface area contributed by atoms with E-state index in [1.165, 1.54) is 0 Å². The van der Waals surface area contributed by atoms with E-state index in [1.807, 2.05) is 24.3 Å².